The van der Waals surface area contributed by atoms with E-state index in [4.69, 9.17) is 14.7 Å². The Morgan fingerprint density at radius 2 is 1.37 bits per heavy atom. The van der Waals surface area contributed by atoms with Gasteiger partial charge < -0.3 is 13.9 Å². The fraction of sp³-hybridized carbons (Fsp3) is 0.250. The Labute approximate surface area is 272 Å². The summed E-state index contributed by atoms with van der Waals surface area (Å²) >= 11 is 0. The van der Waals surface area contributed by atoms with Gasteiger partial charge in [0.25, 0.3) is 0 Å². The van der Waals surface area contributed by atoms with Crippen LogP contribution in [0.3, 0.4) is 0 Å². The average molecular weight is 608 g/mol. The molecule has 0 aliphatic carbocycles. The Balaban J connectivity index is 1.28. The molecule has 1 aliphatic heterocycles. The van der Waals surface area contributed by atoms with Crippen LogP contribution in [-0.4, -0.2) is 37.7 Å². The third-order valence-corrected chi connectivity index (χ3v) is 9.62. The molecule has 46 heavy (non-hydrogen) atoms. The summed E-state index contributed by atoms with van der Waals surface area (Å²) in [6.07, 6.45) is 7.53. The van der Waals surface area contributed by atoms with Gasteiger partial charge in [0.2, 0.25) is 0 Å². The van der Waals surface area contributed by atoms with E-state index in [0.29, 0.717) is 5.92 Å². The first-order valence-electron chi connectivity index (χ1n) is 16.3. The molecule has 6 nitrogen and oxygen atoms in total. The van der Waals surface area contributed by atoms with Gasteiger partial charge in [0.05, 0.1) is 30.9 Å². The molecule has 0 spiro atoms. The van der Waals surface area contributed by atoms with Crippen molar-refractivity contribution in [1.29, 1.82) is 0 Å². The zero-order valence-corrected chi connectivity index (χ0v) is 26.8. The second kappa shape index (κ2) is 12.8. The van der Waals surface area contributed by atoms with Gasteiger partial charge in [-0.3, -0.25) is 4.90 Å². The average Bonchev–Trinajstić information content (AvgIpc) is 3.77. The van der Waals surface area contributed by atoms with E-state index in [2.05, 4.69) is 137 Å². The van der Waals surface area contributed by atoms with Crippen LogP contribution in [0.15, 0.2) is 134 Å². The summed E-state index contributed by atoms with van der Waals surface area (Å²) in [5.41, 5.74) is 6.04. The molecule has 0 N–H and O–H groups in total. The van der Waals surface area contributed by atoms with E-state index in [1.54, 1.807) is 7.11 Å². The lowest BCUT2D eigenvalue weighted by molar-refractivity contribution is 0.0979. The summed E-state index contributed by atoms with van der Waals surface area (Å²) < 4.78 is 10.3. The molecule has 2 aromatic heterocycles. The van der Waals surface area contributed by atoms with Gasteiger partial charge in [0, 0.05) is 37.6 Å². The van der Waals surface area contributed by atoms with Crippen molar-refractivity contribution < 1.29 is 4.74 Å². The van der Waals surface area contributed by atoms with Gasteiger partial charge in [0.15, 0.2) is 0 Å². The molecule has 0 saturated heterocycles. The van der Waals surface area contributed by atoms with E-state index in [-0.39, 0.29) is 6.04 Å². The lowest BCUT2D eigenvalue weighted by Gasteiger charge is -2.39. The van der Waals surface area contributed by atoms with Gasteiger partial charge in [-0.25, -0.2) is 9.97 Å². The van der Waals surface area contributed by atoms with Gasteiger partial charge >= 0.3 is 0 Å². The van der Waals surface area contributed by atoms with Crippen molar-refractivity contribution in [3.63, 3.8) is 0 Å². The number of hydrogen-bond acceptors (Lipinski definition) is 4. The van der Waals surface area contributed by atoms with E-state index in [0.717, 1.165) is 54.6 Å². The molecule has 0 fully saturated rings. The smallest absolute Gasteiger partial charge is 0.128 e. The second-order valence-electron chi connectivity index (χ2n) is 12.3. The lowest BCUT2D eigenvalue weighted by Crippen LogP contribution is -2.41. The molecule has 0 saturated carbocycles. The number of benzene rings is 4. The molecule has 6 heteroatoms. The number of aromatic nitrogens is 4. The van der Waals surface area contributed by atoms with Gasteiger partial charge in [-0.2, -0.15) is 0 Å². The molecule has 232 valence electrons. The zero-order valence-electron chi connectivity index (χ0n) is 26.8. The summed E-state index contributed by atoms with van der Waals surface area (Å²) in [5, 5.41) is 0. The van der Waals surface area contributed by atoms with Crippen molar-refractivity contribution in [3.05, 3.63) is 162 Å². The van der Waals surface area contributed by atoms with Crippen LogP contribution in [0.2, 0.25) is 0 Å². The minimum absolute atomic E-state index is 0.175. The molecule has 0 radical (unpaired) electrons. The summed E-state index contributed by atoms with van der Waals surface area (Å²) in [7, 11) is 1.72. The SMILES string of the molecule is CCC(C)C1c2nc(-c3ccccc3OC)cn2CCN1Cc1cn(C(c2ccccc2)(c2ccccc2)c2ccccc2)cn1. The number of rotatable bonds is 10. The summed E-state index contributed by atoms with van der Waals surface area (Å²) in [4.78, 5) is 12.9. The predicted molar refractivity (Wildman–Crippen MR) is 184 cm³/mol. The molecule has 0 bridgehead atoms. The Morgan fingerprint density at radius 3 is 1.96 bits per heavy atom. The molecular formula is C40H41N5O. The molecular weight excluding hydrogens is 566 g/mol. The van der Waals surface area contributed by atoms with Crippen LogP contribution in [0.25, 0.3) is 11.3 Å². The summed E-state index contributed by atoms with van der Waals surface area (Å²) in [6.45, 7) is 7.17. The Bertz CT molecular complexity index is 1780. The maximum Gasteiger partial charge on any atom is 0.128 e. The normalized spacial score (nSPS) is 15.8. The van der Waals surface area contributed by atoms with Crippen molar-refractivity contribution in [2.45, 2.75) is 44.9 Å². The third-order valence-electron chi connectivity index (χ3n) is 9.62. The second-order valence-corrected chi connectivity index (χ2v) is 12.3. The van der Waals surface area contributed by atoms with Crippen LogP contribution >= 0.6 is 0 Å². The highest BCUT2D eigenvalue weighted by atomic mass is 16.5. The first kappa shape index (κ1) is 29.8. The van der Waals surface area contributed by atoms with E-state index in [9.17, 15) is 0 Å². The maximum atomic E-state index is 5.68. The predicted octanol–water partition coefficient (Wildman–Crippen LogP) is 8.20. The molecule has 2 atom stereocenters. The Kier molecular flexibility index (Phi) is 8.29. The van der Waals surface area contributed by atoms with E-state index < -0.39 is 5.54 Å². The van der Waals surface area contributed by atoms with E-state index in [1.165, 1.54) is 16.7 Å². The maximum absolute atomic E-state index is 5.68. The third kappa shape index (κ3) is 5.23. The summed E-state index contributed by atoms with van der Waals surface area (Å²) in [6, 6.07) is 40.7. The van der Waals surface area contributed by atoms with Gasteiger partial charge in [-0.1, -0.05) is 123 Å². The van der Waals surface area contributed by atoms with Crippen molar-refractivity contribution in [2.75, 3.05) is 13.7 Å². The molecule has 3 heterocycles. The fourth-order valence-electron chi connectivity index (χ4n) is 7.21. The van der Waals surface area contributed by atoms with E-state index >= 15 is 0 Å². The highest BCUT2D eigenvalue weighted by Crippen LogP contribution is 2.42. The largest absolute Gasteiger partial charge is 0.496 e. The van der Waals surface area contributed by atoms with Crippen LogP contribution < -0.4 is 4.74 Å². The molecule has 0 amide bonds. The Hall–Kier alpha value is -4.94. The van der Waals surface area contributed by atoms with Crippen LogP contribution in [0.5, 0.6) is 5.75 Å². The number of fused-ring (bicyclic) bond motifs is 1. The fourth-order valence-corrected chi connectivity index (χ4v) is 7.21. The van der Waals surface area contributed by atoms with Crippen LogP contribution in [0.1, 0.15) is 54.5 Å². The monoisotopic (exact) mass is 607 g/mol. The van der Waals surface area contributed by atoms with Crippen LogP contribution in [-0.2, 0) is 18.6 Å². The van der Waals surface area contributed by atoms with Crippen molar-refractivity contribution in [3.8, 4) is 17.0 Å². The number of imidazole rings is 2. The first-order chi connectivity index (χ1) is 22.6. The molecule has 2 unspecified atom stereocenters. The Morgan fingerprint density at radius 1 is 0.783 bits per heavy atom. The van der Waals surface area contributed by atoms with Gasteiger partial charge in [-0.05, 0) is 34.7 Å². The number of nitrogens with zero attached hydrogens (tertiary/aromatic N) is 5. The first-order valence-corrected chi connectivity index (χ1v) is 16.3. The van der Waals surface area contributed by atoms with Gasteiger partial charge in [-0.15, -0.1) is 0 Å². The molecule has 6 aromatic rings. The minimum atomic E-state index is -0.576. The van der Waals surface area contributed by atoms with Crippen molar-refractivity contribution >= 4 is 0 Å². The van der Waals surface area contributed by atoms with E-state index in [1.807, 2.05) is 24.5 Å². The van der Waals surface area contributed by atoms with Crippen molar-refractivity contribution in [2.24, 2.45) is 5.92 Å². The highest BCUT2D eigenvalue weighted by Gasteiger charge is 2.39. The summed E-state index contributed by atoms with van der Waals surface area (Å²) in [5.74, 6) is 2.39. The molecule has 1 aliphatic rings. The number of hydrogen-bond donors (Lipinski definition) is 0. The molecule has 4 aromatic carbocycles. The number of methoxy groups -OCH3 is 1. The number of ether oxygens (including phenoxy) is 1. The van der Waals surface area contributed by atoms with Crippen LogP contribution in [0, 0.1) is 5.92 Å². The minimum Gasteiger partial charge on any atom is -0.496 e. The lowest BCUT2D eigenvalue weighted by atomic mass is 9.77. The highest BCUT2D eigenvalue weighted by molar-refractivity contribution is 5.67. The van der Waals surface area contributed by atoms with Crippen molar-refractivity contribution in [1.82, 2.24) is 24.0 Å². The standard InChI is InChI=1S/C40H41N5O/c1-4-30(2)38-39-42-36(35-22-14-15-23-37(35)46-3)28-44(39)25-24-43(38)26-34-27-45(29-41-34)40(31-16-8-5-9-17-31,32-18-10-6-11-19-32)33-20-12-7-13-21-33/h5-23,27-30,38H,4,24-26H2,1-3H3. The number of para-hydroxylation sites is 1. The quantitative estimate of drug-likeness (QED) is 0.147. The molecule has 7 rings (SSSR count). The van der Waals surface area contributed by atoms with Crippen LogP contribution in [0.4, 0.5) is 0 Å². The zero-order chi connectivity index (χ0) is 31.5. The topological polar surface area (TPSA) is 48.1 Å². The van der Waals surface area contributed by atoms with Gasteiger partial charge in [0.1, 0.15) is 17.1 Å².